The average molecular weight is 314 g/mol. The predicted molar refractivity (Wildman–Crippen MR) is 87.3 cm³/mol. The molecule has 2 aliphatic heterocycles. The van der Waals surface area contributed by atoms with Gasteiger partial charge < -0.3 is 18.9 Å². The van der Waals surface area contributed by atoms with Gasteiger partial charge in [-0.1, -0.05) is 18.2 Å². The normalized spacial score (nSPS) is 25.2. The number of morpholine rings is 1. The Labute approximate surface area is 135 Å². The van der Waals surface area contributed by atoms with Crippen LogP contribution in [0.2, 0.25) is 0 Å². The second-order valence-electron chi connectivity index (χ2n) is 6.44. The maximum Gasteiger partial charge on any atom is 0.270 e. The van der Waals surface area contributed by atoms with E-state index >= 15 is 0 Å². The summed E-state index contributed by atoms with van der Waals surface area (Å²) in [6.45, 7) is 2.39. The summed E-state index contributed by atoms with van der Waals surface area (Å²) < 4.78 is 13.8. The third-order valence-corrected chi connectivity index (χ3v) is 4.93. The van der Waals surface area contributed by atoms with E-state index in [9.17, 15) is 4.79 Å². The molecule has 0 radical (unpaired) electrons. The van der Waals surface area contributed by atoms with E-state index in [0.29, 0.717) is 19.7 Å². The molecule has 1 atom stereocenters. The van der Waals surface area contributed by atoms with Crippen molar-refractivity contribution in [3.8, 4) is 0 Å². The molecule has 0 N–H and O–H groups in total. The maximum absolute atomic E-state index is 13.0. The van der Waals surface area contributed by atoms with Gasteiger partial charge in [-0.2, -0.15) is 0 Å². The van der Waals surface area contributed by atoms with Gasteiger partial charge in [0, 0.05) is 30.9 Å². The van der Waals surface area contributed by atoms with Gasteiger partial charge in [0.1, 0.15) is 5.69 Å². The minimum atomic E-state index is -0.587. The van der Waals surface area contributed by atoms with E-state index in [1.165, 1.54) is 0 Å². The van der Waals surface area contributed by atoms with Crippen LogP contribution in [0, 0.1) is 0 Å². The highest BCUT2D eigenvalue weighted by Gasteiger charge is 2.41. The lowest BCUT2D eigenvalue weighted by molar-refractivity contribution is -0.277. The first-order valence-electron chi connectivity index (χ1n) is 8.30. The van der Waals surface area contributed by atoms with Crippen LogP contribution >= 0.6 is 0 Å². The van der Waals surface area contributed by atoms with Crippen LogP contribution in [0.25, 0.3) is 10.9 Å². The molecule has 122 valence electrons. The molecule has 2 fully saturated rings. The van der Waals surface area contributed by atoms with Crippen LogP contribution in [-0.4, -0.2) is 47.5 Å². The van der Waals surface area contributed by atoms with E-state index in [4.69, 9.17) is 9.47 Å². The number of aromatic nitrogens is 1. The number of carbonyl (C=O) groups is 1. The summed E-state index contributed by atoms with van der Waals surface area (Å²) in [6, 6.07) is 10.0. The second-order valence-corrected chi connectivity index (χ2v) is 6.44. The zero-order valence-corrected chi connectivity index (χ0v) is 13.5. The lowest BCUT2D eigenvalue weighted by Crippen LogP contribution is -2.56. The van der Waals surface area contributed by atoms with Gasteiger partial charge in [-0.15, -0.1) is 0 Å². The standard InChI is InChI=1S/C18H22N2O3/c1-19-15-7-3-2-6-14(15)12-16(19)17(21)20-9-11-23-18(13-20)8-4-5-10-22-18/h2-3,6-7,12H,4-5,8-11,13H2,1H3. The van der Waals surface area contributed by atoms with E-state index in [1.807, 2.05) is 46.8 Å². The molecular formula is C18H22N2O3. The zero-order valence-electron chi connectivity index (χ0n) is 13.5. The van der Waals surface area contributed by atoms with Gasteiger partial charge in [-0.25, -0.2) is 0 Å². The first-order valence-corrected chi connectivity index (χ1v) is 8.30. The number of benzene rings is 1. The highest BCUT2D eigenvalue weighted by atomic mass is 16.7. The van der Waals surface area contributed by atoms with Gasteiger partial charge >= 0.3 is 0 Å². The van der Waals surface area contributed by atoms with Gasteiger partial charge in [-0.3, -0.25) is 4.79 Å². The predicted octanol–water partition coefficient (Wildman–Crippen LogP) is 2.55. The Balaban J connectivity index is 1.61. The molecule has 2 saturated heterocycles. The van der Waals surface area contributed by atoms with E-state index in [1.54, 1.807) is 0 Å². The fourth-order valence-corrected chi connectivity index (χ4v) is 3.65. The van der Waals surface area contributed by atoms with Gasteiger partial charge in [-0.05, 0) is 25.0 Å². The molecule has 4 rings (SSSR count). The average Bonchev–Trinajstić information content (AvgIpc) is 2.92. The summed E-state index contributed by atoms with van der Waals surface area (Å²) in [4.78, 5) is 14.9. The number of amides is 1. The Morgan fingerprint density at radius 3 is 2.78 bits per heavy atom. The molecule has 0 bridgehead atoms. The molecular weight excluding hydrogens is 292 g/mol. The van der Waals surface area contributed by atoms with Gasteiger partial charge in [0.2, 0.25) is 0 Å². The Kier molecular flexibility index (Phi) is 3.62. The number of ether oxygens (including phenoxy) is 2. The minimum Gasteiger partial charge on any atom is -0.348 e. The Hall–Kier alpha value is -1.85. The van der Waals surface area contributed by atoms with E-state index in [-0.39, 0.29) is 5.91 Å². The number of hydrogen-bond acceptors (Lipinski definition) is 3. The molecule has 5 heteroatoms. The summed E-state index contributed by atoms with van der Waals surface area (Å²) in [5.74, 6) is -0.530. The van der Waals surface area contributed by atoms with Gasteiger partial charge in [0.15, 0.2) is 5.79 Å². The molecule has 1 unspecified atom stereocenters. The van der Waals surface area contributed by atoms with Crippen LogP contribution < -0.4 is 0 Å². The molecule has 0 aliphatic carbocycles. The molecule has 1 amide bonds. The molecule has 5 nitrogen and oxygen atoms in total. The summed E-state index contributed by atoms with van der Waals surface area (Å²) >= 11 is 0. The van der Waals surface area contributed by atoms with Crippen molar-refractivity contribution < 1.29 is 14.3 Å². The highest BCUT2D eigenvalue weighted by Crippen LogP contribution is 2.30. The molecule has 2 aliphatic rings. The van der Waals surface area contributed by atoms with Crippen molar-refractivity contribution in [1.82, 2.24) is 9.47 Å². The maximum atomic E-state index is 13.0. The van der Waals surface area contributed by atoms with Crippen molar-refractivity contribution >= 4 is 16.8 Å². The summed E-state index contributed by atoms with van der Waals surface area (Å²) in [5, 5.41) is 1.09. The molecule has 0 saturated carbocycles. The Bertz CT molecular complexity index is 725. The van der Waals surface area contributed by atoms with Crippen molar-refractivity contribution in [2.75, 3.05) is 26.3 Å². The first kappa shape index (κ1) is 14.7. The smallest absolute Gasteiger partial charge is 0.270 e. The molecule has 3 heterocycles. The quantitative estimate of drug-likeness (QED) is 0.812. The highest BCUT2D eigenvalue weighted by molar-refractivity contribution is 5.98. The summed E-state index contributed by atoms with van der Waals surface area (Å²) in [5.41, 5.74) is 1.80. The van der Waals surface area contributed by atoms with Crippen LogP contribution in [-0.2, 0) is 16.5 Å². The topological polar surface area (TPSA) is 43.7 Å². The van der Waals surface area contributed by atoms with Crippen LogP contribution in [0.1, 0.15) is 29.8 Å². The number of rotatable bonds is 1. The first-order chi connectivity index (χ1) is 11.2. The number of hydrogen-bond donors (Lipinski definition) is 0. The third-order valence-electron chi connectivity index (χ3n) is 4.93. The summed E-state index contributed by atoms with van der Waals surface area (Å²) in [6.07, 6.45) is 3.03. The molecule has 23 heavy (non-hydrogen) atoms. The van der Waals surface area contributed by atoms with Crippen molar-refractivity contribution in [3.05, 3.63) is 36.0 Å². The molecule has 1 aromatic carbocycles. The van der Waals surface area contributed by atoms with Crippen LogP contribution in [0.5, 0.6) is 0 Å². The number of aryl methyl sites for hydroxylation is 1. The van der Waals surface area contributed by atoms with Crippen LogP contribution in [0.3, 0.4) is 0 Å². The second kappa shape index (κ2) is 5.65. The van der Waals surface area contributed by atoms with E-state index in [0.717, 1.165) is 42.5 Å². The number of nitrogens with zero attached hydrogens (tertiary/aromatic N) is 2. The van der Waals surface area contributed by atoms with Crippen LogP contribution in [0.15, 0.2) is 30.3 Å². The minimum absolute atomic E-state index is 0.0561. The van der Waals surface area contributed by atoms with Crippen molar-refractivity contribution in [3.63, 3.8) is 0 Å². The fourth-order valence-electron chi connectivity index (χ4n) is 3.65. The third kappa shape index (κ3) is 2.54. The lowest BCUT2D eigenvalue weighted by atomic mass is 10.0. The molecule has 1 aromatic heterocycles. The number of para-hydroxylation sites is 1. The monoisotopic (exact) mass is 314 g/mol. The van der Waals surface area contributed by atoms with Crippen molar-refractivity contribution in [1.29, 1.82) is 0 Å². The SMILES string of the molecule is Cn1c(C(=O)N2CCOC3(CCCCO3)C2)cc2ccccc21. The van der Waals surface area contributed by atoms with Gasteiger partial charge in [0.05, 0.1) is 19.8 Å². The van der Waals surface area contributed by atoms with Crippen molar-refractivity contribution in [2.45, 2.75) is 25.0 Å². The van der Waals surface area contributed by atoms with E-state index in [2.05, 4.69) is 0 Å². The zero-order chi connectivity index (χ0) is 15.9. The van der Waals surface area contributed by atoms with Gasteiger partial charge in [0.25, 0.3) is 5.91 Å². The number of fused-ring (bicyclic) bond motifs is 1. The Morgan fingerprint density at radius 1 is 1.17 bits per heavy atom. The number of carbonyl (C=O) groups excluding carboxylic acids is 1. The molecule has 1 spiro atoms. The van der Waals surface area contributed by atoms with Crippen LogP contribution in [0.4, 0.5) is 0 Å². The molecule has 2 aromatic rings. The van der Waals surface area contributed by atoms with E-state index < -0.39 is 5.79 Å². The Morgan fingerprint density at radius 2 is 2.00 bits per heavy atom. The largest absolute Gasteiger partial charge is 0.348 e. The fraction of sp³-hybridized carbons (Fsp3) is 0.500. The lowest BCUT2D eigenvalue weighted by Gasteiger charge is -2.44. The summed E-state index contributed by atoms with van der Waals surface area (Å²) in [7, 11) is 1.95. The van der Waals surface area contributed by atoms with Crippen molar-refractivity contribution in [2.24, 2.45) is 7.05 Å².